The Morgan fingerprint density at radius 2 is 1.74 bits per heavy atom. The van der Waals surface area contributed by atoms with Gasteiger partial charge in [0, 0.05) is 0 Å². The molecular formula is C21H22N2O3S. The monoisotopic (exact) mass is 382 g/mol. The smallest absolute Gasteiger partial charge is 0.264 e. The standard InChI is InChI=1S/C21H22N2O3S/c1-4-25-17-11-8-15(12-18(17)26-5-2)13-19-20(24)23-21(27-19)22-16-9-6-14(3)7-10-16/h6-13H,4-5H2,1-3H3,(H,22,23,24)/b19-13+. The fourth-order valence-corrected chi connectivity index (χ4v) is 3.37. The number of carbonyl (C=O) groups is 1. The molecule has 1 aliphatic rings. The zero-order chi connectivity index (χ0) is 19.2. The van der Waals surface area contributed by atoms with Gasteiger partial charge >= 0.3 is 0 Å². The fraction of sp³-hybridized carbons (Fsp3) is 0.238. The van der Waals surface area contributed by atoms with E-state index in [0.717, 1.165) is 11.3 Å². The van der Waals surface area contributed by atoms with Crippen molar-refractivity contribution in [1.82, 2.24) is 5.32 Å². The summed E-state index contributed by atoms with van der Waals surface area (Å²) in [6.07, 6.45) is 1.83. The van der Waals surface area contributed by atoms with E-state index in [2.05, 4.69) is 10.3 Å². The zero-order valence-corrected chi connectivity index (χ0v) is 16.4. The molecule has 2 aromatic rings. The molecule has 0 saturated carbocycles. The maximum Gasteiger partial charge on any atom is 0.264 e. The van der Waals surface area contributed by atoms with E-state index in [-0.39, 0.29) is 5.91 Å². The Bertz CT molecular complexity index is 889. The molecule has 140 valence electrons. The van der Waals surface area contributed by atoms with E-state index in [1.54, 1.807) is 0 Å². The molecule has 1 aliphatic heterocycles. The van der Waals surface area contributed by atoms with Crippen LogP contribution in [-0.4, -0.2) is 24.3 Å². The van der Waals surface area contributed by atoms with Gasteiger partial charge in [0.05, 0.1) is 23.8 Å². The topological polar surface area (TPSA) is 59.9 Å². The largest absolute Gasteiger partial charge is 0.490 e. The lowest BCUT2D eigenvalue weighted by Crippen LogP contribution is -2.19. The highest BCUT2D eigenvalue weighted by atomic mass is 32.2. The molecule has 1 saturated heterocycles. The Balaban J connectivity index is 1.81. The molecule has 5 nitrogen and oxygen atoms in total. The molecule has 0 unspecified atom stereocenters. The third-order valence-electron chi connectivity index (χ3n) is 3.78. The normalized spacial score (nSPS) is 16.6. The van der Waals surface area contributed by atoms with Crippen molar-refractivity contribution in [2.45, 2.75) is 20.8 Å². The maximum atomic E-state index is 12.3. The van der Waals surface area contributed by atoms with Crippen LogP contribution in [-0.2, 0) is 4.79 Å². The number of hydrogen-bond acceptors (Lipinski definition) is 5. The van der Waals surface area contributed by atoms with Gasteiger partial charge in [-0.25, -0.2) is 4.99 Å². The van der Waals surface area contributed by atoms with Crippen molar-refractivity contribution >= 4 is 34.6 Å². The van der Waals surface area contributed by atoms with Crippen LogP contribution in [0.2, 0.25) is 0 Å². The molecule has 0 aromatic heterocycles. The molecule has 0 bridgehead atoms. The number of aliphatic imine (C=N–C) groups is 1. The maximum absolute atomic E-state index is 12.3. The number of amidine groups is 1. The van der Waals surface area contributed by atoms with Crippen LogP contribution in [0, 0.1) is 6.92 Å². The predicted molar refractivity (Wildman–Crippen MR) is 111 cm³/mol. The number of nitrogens with zero attached hydrogens (tertiary/aromatic N) is 1. The number of amides is 1. The SMILES string of the molecule is CCOc1ccc(/C=C2/SC(=Nc3ccc(C)cc3)NC2=O)cc1OCC. The van der Waals surface area contributed by atoms with Gasteiger partial charge in [-0.3, -0.25) is 4.79 Å². The van der Waals surface area contributed by atoms with E-state index in [9.17, 15) is 4.79 Å². The summed E-state index contributed by atoms with van der Waals surface area (Å²) < 4.78 is 11.2. The summed E-state index contributed by atoms with van der Waals surface area (Å²) in [7, 11) is 0. The Labute approximate surface area is 163 Å². The first-order valence-electron chi connectivity index (χ1n) is 8.85. The fourth-order valence-electron chi connectivity index (χ4n) is 2.53. The third-order valence-corrected chi connectivity index (χ3v) is 4.69. The number of benzene rings is 2. The van der Waals surface area contributed by atoms with Crippen LogP contribution >= 0.6 is 11.8 Å². The lowest BCUT2D eigenvalue weighted by molar-refractivity contribution is -0.115. The van der Waals surface area contributed by atoms with Crippen molar-refractivity contribution in [3.05, 3.63) is 58.5 Å². The van der Waals surface area contributed by atoms with Crippen molar-refractivity contribution < 1.29 is 14.3 Å². The van der Waals surface area contributed by atoms with E-state index in [1.165, 1.54) is 17.3 Å². The predicted octanol–water partition coefficient (Wildman–Crippen LogP) is 4.68. The van der Waals surface area contributed by atoms with Crippen LogP contribution in [0.25, 0.3) is 6.08 Å². The molecule has 0 atom stereocenters. The Hall–Kier alpha value is -2.73. The van der Waals surface area contributed by atoms with Crippen LogP contribution in [0.3, 0.4) is 0 Å². The lowest BCUT2D eigenvalue weighted by atomic mass is 10.2. The van der Waals surface area contributed by atoms with Gasteiger partial charge in [0.15, 0.2) is 16.7 Å². The summed E-state index contributed by atoms with van der Waals surface area (Å²) in [6, 6.07) is 13.5. The summed E-state index contributed by atoms with van der Waals surface area (Å²) >= 11 is 1.32. The summed E-state index contributed by atoms with van der Waals surface area (Å²) in [5.41, 5.74) is 2.85. The number of rotatable bonds is 6. The highest BCUT2D eigenvalue weighted by Crippen LogP contribution is 2.32. The number of aryl methyl sites for hydroxylation is 1. The molecular weight excluding hydrogens is 360 g/mol. The molecule has 0 radical (unpaired) electrons. The minimum atomic E-state index is -0.155. The van der Waals surface area contributed by atoms with Gasteiger partial charge in [-0.05, 0) is 68.4 Å². The molecule has 1 heterocycles. The van der Waals surface area contributed by atoms with E-state index in [0.29, 0.717) is 34.8 Å². The molecule has 0 aliphatic carbocycles. The summed E-state index contributed by atoms with van der Waals surface area (Å²) in [6.45, 7) is 6.99. The molecule has 6 heteroatoms. The van der Waals surface area contributed by atoms with Crippen LogP contribution in [0.15, 0.2) is 52.4 Å². The second-order valence-electron chi connectivity index (χ2n) is 5.89. The molecule has 2 aromatic carbocycles. The molecule has 3 rings (SSSR count). The quantitative estimate of drug-likeness (QED) is 0.737. The van der Waals surface area contributed by atoms with Crippen molar-refractivity contribution in [3.8, 4) is 11.5 Å². The lowest BCUT2D eigenvalue weighted by Gasteiger charge is -2.11. The highest BCUT2D eigenvalue weighted by molar-refractivity contribution is 8.18. The summed E-state index contributed by atoms with van der Waals surface area (Å²) in [5.74, 6) is 1.22. The van der Waals surface area contributed by atoms with Crippen LogP contribution in [0.4, 0.5) is 5.69 Å². The summed E-state index contributed by atoms with van der Waals surface area (Å²) in [4.78, 5) is 17.4. The zero-order valence-electron chi connectivity index (χ0n) is 15.6. The molecule has 27 heavy (non-hydrogen) atoms. The Kier molecular flexibility index (Phi) is 6.19. The molecule has 1 fully saturated rings. The summed E-state index contributed by atoms with van der Waals surface area (Å²) in [5, 5.41) is 3.38. The van der Waals surface area contributed by atoms with Gasteiger partial charge in [-0.1, -0.05) is 23.8 Å². The van der Waals surface area contributed by atoms with E-state index >= 15 is 0 Å². The minimum Gasteiger partial charge on any atom is -0.490 e. The first-order valence-corrected chi connectivity index (χ1v) is 9.66. The van der Waals surface area contributed by atoms with Crippen LogP contribution in [0.1, 0.15) is 25.0 Å². The van der Waals surface area contributed by atoms with Gasteiger partial charge in [-0.15, -0.1) is 0 Å². The first kappa shape index (κ1) is 19.0. The second kappa shape index (κ2) is 8.77. The number of nitrogens with one attached hydrogen (secondary N) is 1. The average molecular weight is 382 g/mol. The molecule has 0 spiro atoms. The first-order chi connectivity index (χ1) is 13.1. The second-order valence-corrected chi connectivity index (χ2v) is 6.92. The van der Waals surface area contributed by atoms with Gasteiger partial charge in [0.1, 0.15) is 0 Å². The van der Waals surface area contributed by atoms with Crippen LogP contribution < -0.4 is 14.8 Å². The number of ether oxygens (including phenoxy) is 2. The molecule has 1 N–H and O–H groups in total. The Morgan fingerprint density at radius 3 is 2.44 bits per heavy atom. The Morgan fingerprint density at radius 1 is 1.04 bits per heavy atom. The number of thioether (sulfide) groups is 1. The molecule has 1 amide bonds. The van der Waals surface area contributed by atoms with E-state index < -0.39 is 0 Å². The minimum absolute atomic E-state index is 0.155. The highest BCUT2D eigenvalue weighted by Gasteiger charge is 2.24. The van der Waals surface area contributed by atoms with Gasteiger partial charge in [0.25, 0.3) is 5.91 Å². The van der Waals surface area contributed by atoms with Crippen LogP contribution in [0.5, 0.6) is 11.5 Å². The van der Waals surface area contributed by atoms with E-state index in [4.69, 9.17) is 9.47 Å². The van der Waals surface area contributed by atoms with Gasteiger partial charge in [0.2, 0.25) is 0 Å². The average Bonchev–Trinajstić information content (AvgIpc) is 2.98. The van der Waals surface area contributed by atoms with Crippen molar-refractivity contribution in [2.24, 2.45) is 4.99 Å². The van der Waals surface area contributed by atoms with Crippen molar-refractivity contribution in [2.75, 3.05) is 13.2 Å². The van der Waals surface area contributed by atoms with Crippen molar-refractivity contribution in [3.63, 3.8) is 0 Å². The van der Waals surface area contributed by atoms with Gasteiger partial charge in [-0.2, -0.15) is 0 Å². The third kappa shape index (κ3) is 4.92. The number of carbonyl (C=O) groups excluding carboxylic acids is 1. The van der Waals surface area contributed by atoms with E-state index in [1.807, 2.05) is 69.3 Å². The van der Waals surface area contributed by atoms with Crippen molar-refractivity contribution in [1.29, 1.82) is 0 Å². The van der Waals surface area contributed by atoms with Gasteiger partial charge < -0.3 is 14.8 Å². The number of hydrogen-bond donors (Lipinski definition) is 1.